The number of carbonyl (C=O) groups is 1. The van der Waals surface area contributed by atoms with E-state index in [1.54, 1.807) is 0 Å². The molecule has 0 aromatic heterocycles. The second kappa shape index (κ2) is 6.10. The van der Waals surface area contributed by atoms with Crippen molar-refractivity contribution in [1.82, 2.24) is 0 Å². The Bertz CT molecular complexity index is 366. The molecule has 1 aliphatic carbocycles. The lowest BCUT2D eigenvalue weighted by atomic mass is 9.84. The zero-order chi connectivity index (χ0) is 12.1. The minimum Gasteiger partial charge on any atom is -0.481 e. The van der Waals surface area contributed by atoms with Crippen LogP contribution in [0.25, 0.3) is 0 Å². The third kappa shape index (κ3) is 3.77. The van der Waals surface area contributed by atoms with Crippen LogP contribution in [0.1, 0.15) is 43.6 Å². The summed E-state index contributed by atoms with van der Waals surface area (Å²) in [6, 6.07) is 8.44. The van der Waals surface area contributed by atoms with Crippen LogP contribution in [-0.4, -0.2) is 16.8 Å². The van der Waals surface area contributed by atoms with Crippen molar-refractivity contribution in [3.63, 3.8) is 0 Å². The molecule has 17 heavy (non-hydrogen) atoms. The Morgan fingerprint density at radius 2 is 1.82 bits per heavy atom. The first-order chi connectivity index (χ1) is 8.25. The van der Waals surface area contributed by atoms with Gasteiger partial charge in [-0.05, 0) is 36.5 Å². The largest absolute Gasteiger partial charge is 0.481 e. The van der Waals surface area contributed by atoms with Crippen LogP contribution in [-0.2, 0) is 4.79 Å². The lowest BCUT2D eigenvalue weighted by Gasteiger charge is -2.22. The van der Waals surface area contributed by atoms with Gasteiger partial charge in [-0.15, -0.1) is 11.8 Å². The molecule has 0 heterocycles. The molecule has 0 unspecified atom stereocenters. The number of thioether (sulfide) groups is 1. The molecular formula is C14H18O2S. The summed E-state index contributed by atoms with van der Waals surface area (Å²) in [6.45, 7) is 0. The number of carboxylic acids is 1. The summed E-state index contributed by atoms with van der Waals surface area (Å²) in [7, 11) is 0. The van der Waals surface area contributed by atoms with E-state index in [-0.39, 0.29) is 5.75 Å². The molecule has 1 aromatic carbocycles. The summed E-state index contributed by atoms with van der Waals surface area (Å²) < 4.78 is 0. The molecule has 2 nitrogen and oxygen atoms in total. The van der Waals surface area contributed by atoms with Gasteiger partial charge in [0, 0.05) is 4.90 Å². The zero-order valence-electron chi connectivity index (χ0n) is 9.89. The van der Waals surface area contributed by atoms with Crippen LogP contribution in [0.4, 0.5) is 0 Å². The van der Waals surface area contributed by atoms with Gasteiger partial charge in [0.2, 0.25) is 0 Å². The van der Waals surface area contributed by atoms with Gasteiger partial charge in [-0.1, -0.05) is 31.4 Å². The number of hydrogen-bond donors (Lipinski definition) is 1. The highest BCUT2D eigenvalue weighted by atomic mass is 32.2. The molecule has 1 aliphatic rings. The van der Waals surface area contributed by atoms with E-state index in [9.17, 15) is 4.79 Å². The van der Waals surface area contributed by atoms with E-state index in [1.807, 2.05) is 0 Å². The van der Waals surface area contributed by atoms with Crippen molar-refractivity contribution in [2.45, 2.75) is 42.9 Å². The molecule has 1 saturated carbocycles. The smallest absolute Gasteiger partial charge is 0.313 e. The number of aliphatic carboxylic acids is 1. The van der Waals surface area contributed by atoms with Crippen LogP contribution in [0.3, 0.4) is 0 Å². The van der Waals surface area contributed by atoms with Gasteiger partial charge in [0.25, 0.3) is 0 Å². The predicted octanol–water partition coefficient (Wildman–Crippen LogP) is 3.91. The second-order valence-electron chi connectivity index (χ2n) is 4.59. The Kier molecular flexibility index (Phi) is 4.49. The fraction of sp³-hybridized carbons (Fsp3) is 0.500. The first-order valence-electron chi connectivity index (χ1n) is 6.20. The summed E-state index contributed by atoms with van der Waals surface area (Å²) in [5, 5.41) is 8.61. The van der Waals surface area contributed by atoms with Crippen molar-refractivity contribution < 1.29 is 9.90 Å². The summed E-state index contributed by atoms with van der Waals surface area (Å²) in [5.41, 5.74) is 1.42. The minimum atomic E-state index is -0.758. The summed E-state index contributed by atoms with van der Waals surface area (Å²) in [5.74, 6) is 0.108. The predicted molar refractivity (Wildman–Crippen MR) is 70.6 cm³/mol. The third-order valence-electron chi connectivity index (χ3n) is 3.32. The standard InChI is InChI=1S/C14H18O2S/c15-14(16)10-17-13-8-6-12(7-9-13)11-4-2-1-3-5-11/h6-9,11H,1-5,10H2,(H,15,16). The van der Waals surface area contributed by atoms with Gasteiger partial charge in [-0.2, -0.15) is 0 Å². The van der Waals surface area contributed by atoms with E-state index < -0.39 is 5.97 Å². The quantitative estimate of drug-likeness (QED) is 0.823. The van der Waals surface area contributed by atoms with Crippen LogP contribution in [0.2, 0.25) is 0 Å². The highest BCUT2D eigenvalue weighted by molar-refractivity contribution is 8.00. The highest BCUT2D eigenvalue weighted by Crippen LogP contribution is 2.33. The highest BCUT2D eigenvalue weighted by Gasteiger charge is 2.15. The van der Waals surface area contributed by atoms with Crippen molar-refractivity contribution in [2.75, 3.05) is 5.75 Å². The van der Waals surface area contributed by atoms with E-state index in [0.717, 1.165) is 10.8 Å². The molecule has 2 rings (SSSR count). The van der Waals surface area contributed by atoms with Gasteiger partial charge in [0.15, 0.2) is 0 Å². The van der Waals surface area contributed by atoms with Crippen LogP contribution in [0.15, 0.2) is 29.2 Å². The molecule has 0 atom stereocenters. The fourth-order valence-corrected chi connectivity index (χ4v) is 3.04. The van der Waals surface area contributed by atoms with Crippen molar-refractivity contribution >= 4 is 17.7 Å². The molecule has 1 aromatic rings. The average molecular weight is 250 g/mol. The Morgan fingerprint density at radius 3 is 2.41 bits per heavy atom. The Hall–Kier alpha value is -0.960. The molecule has 0 radical (unpaired) electrons. The molecule has 3 heteroatoms. The first-order valence-corrected chi connectivity index (χ1v) is 7.19. The van der Waals surface area contributed by atoms with Crippen LogP contribution >= 0.6 is 11.8 Å². The third-order valence-corrected chi connectivity index (χ3v) is 4.32. The van der Waals surface area contributed by atoms with E-state index in [1.165, 1.54) is 49.4 Å². The maximum absolute atomic E-state index is 10.5. The Labute approximate surface area is 106 Å². The number of hydrogen-bond acceptors (Lipinski definition) is 2. The first kappa shape index (κ1) is 12.5. The zero-order valence-corrected chi connectivity index (χ0v) is 10.7. The van der Waals surface area contributed by atoms with Gasteiger partial charge in [0.1, 0.15) is 0 Å². The Morgan fingerprint density at radius 1 is 1.18 bits per heavy atom. The van der Waals surface area contributed by atoms with Gasteiger partial charge >= 0.3 is 5.97 Å². The number of carboxylic acid groups (broad SMARTS) is 1. The number of benzene rings is 1. The maximum atomic E-state index is 10.5. The van der Waals surface area contributed by atoms with Crippen molar-refractivity contribution in [3.8, 4) is 0 Å². The molecule has 0 aliphatic heterocycles. The molecule has 0 bridgehead atoms. The van der Waals surface area contributed by atoms with E-state index in [2.05, 4.69) is 24.3 Å². The molecule has 1 fully saturated rings. The van der Waals surface area contributed by atoms with E-state index >= 15 is 0 Å². The van der Waals surface area contributed by atoms with Gasteiger partial charge in [-0.25, -0.2) is 0 Å². The topological polar surface area (TPSA) is 37.3 Å². The second-order valence-corrected chi connectivity index (χ2v) is 5.64. The van der Waals surface area contributed by atoms with Crippen LogP contribution < -0.4 is 0 Å². The van der Waals surface area contributed by atoms with Gasteiger partial charge < -0.3 is 5.11 Å². The molecular weight excluding hydrogens is 232 g/mol. The maximum Gasteiger partial charge on any atom is 0.313 e. The van der Waals surface area contributed by atoms with Crippen LogP contribution in [0.5, 0.6) is 0 Å². The van der Waals surface area contributed by atoms with Gasteiger partial charge in [0.05, 0.1) is 5.75 Å². The van der Waals surface area contributed by atoms with E-state index in [4.69, 9.17) is 5.11 Å². The number of rotatable bonds is 4. The fourth-order valence-electron chi connectivity index (χ4n) is 2.42. The minimum absolute atomic E-state index is 0.142. The monoisotopic (exact) mass is 250 g/mol. The molecule has 0 saturated heterocycles. The average Bonchev–Trinajstić information content (AvgIpc) is 2.38. The lowest BCUT2D eigenvalue weighted by Crippen LogP contribution is -2.04. The molecule has 0 amide bonds. The van der Waals surface area contributed by atoms with Crippen molar-refractivity contribution in [3.05, 3.63) is 29.8 Å². The Balaban J connectivity index is 1.94. The summed E-state index contributed by atoms with van der Waals surface area (Å²) in [4.78, 5) is 11.5. The van der Waals surface area contributed by atoms with E-state index in [0.29, 0.717) is 0 Å². The molecule has 0 spiro atoms. The normalized spacial score (nSPS) is 16.9. The van der Waals surface area contributed by atoms with Gasteiger partial charge in [-0.3, -0.25) is 4.79 Å². The SMILES string of the molecule is O=C(O)CSc1ccc(C2CCCCC2)cc1. The van der Waals surface area contributed by atoms with Crippen molar-refractivity contribution in [1.29, 1.82) is 0 Å². The van der Waals surface area contributed by atoms with Crippen molar-refractivity contribution in [2.24, 2.45) is 0 Å². The lowest BCUT2D eigenvalue weighted by molar-refractivity contribution is -0.133. The molecule has 92 valence electrons. The molecule has 1 N–H and O–H groups in total. The summed E-state index contributed by atoms with van der Waals surface area (Å²) >= 11 is 1.38. The van der Waals surface area contributed by atoms with Crippen LogP contribution in [0, 0.1) is 0 Å². The summed E-state index contributed by atoms with van der Waals surface area (Å²) in [6.07, 6.45) is 6.69.